The van der Waals surface area contributed by atoms with E-state index in [9.17, 15) is 4.39 Å². The highest BCUT2D eigenvalue weighted by molar-refractivity contribution is 6.30. The molecule has 0 atom stereocenters. The van der Waals surface area contributed by atoms with Gasteiger partial charge in [0.05, 0.1) is 0 Å². The molecular formula is C16H18ClFN2. The Kier molecular flexibility index (Phi) is 4.99. The number of nitrogens with zero attached hydrogens (tertiary/aromatic N) is 1. The Morgan fingerprint density at radius 3 is 2.70 bits per heavy atom. The van der Waals surface area contributed by atoms with Gasteiger partial charge in [-0.3, -0.25) is 0 Å². The summed E-state index contributed by atoms with van der Waals surface area (Å²) in [5.74, 6) is -0.211. The predicted molar refractivity (Wildman–Crippen MR) is 82.7 cm³/mol. The second-order valence-corrected chi connectivity index (χ2v) is 5.23. The van der Waals surface area contributed by atoms with Gasteiger partial charge in [-0.15, -0.1) is 0 Å². The van der Waals surface area contributed by atoms with Crippen LogP contribution >= 0.6 is 11.6 Å². The van der Waals surface area contributed by atoms with Gasteiger partial charge in [0, 0.05) is 30.8 Å². The van der Waals surface area contributed by atoms with Gasteiger partial charge in [-0.25, -0.2) is 4.39 Å². The molecule has 0 aliphatic heterocycles. The average molecular weight is 293 g/mol. The van der Waals surface area contributed by atoms with Gasteiger partial charge in [-0.2, -0.15) is 0 Å². The fraction of sp³-hybridized carbons (Fsp3) is 0.250. The zero-order chi connectivity index (χ0) is 14.5. The molecule has 0 spiro atoms. The Balaban J connectivity index is 2.23. The fourth-order valence-corrected chi connectivity index (χ4v) is 2.39. The summed E-state index contributed by atoms with van der Waals surface area (Å²) < 4.78 is 13.2. The average Bonchev–Trinajstić information content (AvgIpc) is 2.41. The molecule has 2 aromatic rings. The van der Waals surface area contributed by atoms with Crippen LogP contribution in [0, 0.1) is 5.82 Å². The molecule has 0 unspecified atom stereocenters. The first-order valence-electron chi connectivity index (χ1n) is 6.49. The molecular weight excluding hydrogens is 275 g/mol. The Morgan fingerprint density at radius 1 is 1.20 bits per heavy atom. The monoisotopic (exact) mass is 292 g/mol. The van der Waals surface area contributed by atoms with Crippen LogP contribution in [0.15, 0.2) is 42.5 Å². The first-order chi connectivity index (χ1) is 9.60. The van der Waals surface area contributed by atoms with Crippen molar-refractivity contribution in [2.45, 2.75) is 13.1 Å². The summed E-state index contributed by atoms with van der Waals surface area (Å²) in [5.41, 5.74) is 3.15. The van der Waals surface area contributed by atoms with Crippen LogP contribution in [-0.4, -0.2) is 14.1 Å². The zero-order valence-electron chi connectivity index (χ0n) is 11.7. The van der Waals surface area contributed by atoms with Crippen molar-refractivity contribution in [3.63, 3.8) is 0 Å². The molecule has 0 fully saturated rings. The highest BCUT2D eigenvalue weighted by atomic mass is 35.5. The summed E-state index contributed by atoms with van der Waals surface area (Å²) >= 11 is 6.08. The van der Waals surface area contributed by atoms with E-state index in [1.54, 1.807) is 12.1 Å². The minimum absolute atomic E-state index is 0.211. The first kappa shape index (κ1) is 14.8. The van der Waals surface area contributed by atoms with E-state index in [1.807, 2.05) is 38.4 Å². The quantitative estimate of drug-likeness (QED) is 0.901. The highest BCUT2D eigenvalue weighted by Crippen LogP contribution is 2.25. The van der Waals surface area contributed by atoms with E-state index < -0.39 is 0 Å². The van der Waals surface area contributed by atoms with Crippen molar-refractivity contribution in [1.29, 1.82) is 0 Å². The second kappa shape index (κ2) is 6.73. The summed E-state index contributed by atoms with van der Waals surface area (Å²) in [4.78, 5) is 2.08. The van der Waals surface area contributed by atoms with E-state index in [1.165, 1.54) is 6.07 Å². The van der Waals surface area contributed by atoms with Gasteiger partial charge in [0.15, 0.2) is 0 Å². The van der Waals surface area contributed by atoms with Crippen LogP contribution in [-0.2, 0) is 13.1 Å². The molecule has 20 heavy (non-hydrogen) atoms. The molecule has 0 saturated carbocycles. The topological polar surface area (TPSA) is 15.3 Å². The zero-order valence-corrected chi connectivity index (χ0v) is 12.4. The normalized spacial score (nSPS) is 10.6. The summed E-state index contributed by atoms with van der Waals surface area (Å²) in [6, 6.07) is 12.5. The summed E-state index contributed by atoms with van der Waals surface area (Å²) in [6.07, 6.45) is 0. The number of halogens is 2. The van der Waals surface area contributed by atoms with Crippen LogP contribution in [0.3, 0.4) is 0 Å². The Hall–Kier alpha value is -1.58. The Morgan fingerprint density at radius 2 is 2.00 bits per heavy atom. The standard InChI is InChI=1S/C16H18ClFN2/c1-19-10-13-6-7-14(17)9-16(13)20(2)11-12-4-3-5-15(18)8-12/h3-9,19H,10-11H2,1-2H3. The van der Waals surface area contributed by atoms with Crippen LogP contribution in [0.5, 0.6) is 0 Å². The van der Waals surface area contributed by atoms with Gasteiger partial charge in [0.2, 0.25) is 0 Å². The van der Waals surface area contributed by atoms with E-state index >= 15 is 0 Å². The number of nitrogens with one attached hydrogen (secondary N) is 1. The minimum Gasteiger partial charge on any atom is -0.370 e. The largest absolute Gasteiger partial charge is 0.370 e. The molecule has 0 heterocycles. The van der Waals surface area contributed by atoms with Crippen molar-refractivity contribution in [2.75, 3.05) is 19.0 Å². The minimum atomic E-state index is -0.211. The van der Waals surface area contributed by atoms with Crippen LogP contribution in [0.2, 0.25) is 5.02 Å². The third-order valence-corrected chi connectivity index (χ3v) is 3.37. The van der Waals surface area contributed by atoms with E-state index in [-0.39, 0.29) is 5.82 Å². The van der Waals surface area contributed by atoms with Crippen molar-refractivity contribution >= 4 is 17.3 Å². The summed E-state index contributed by atoms with van der Waals surface area (Å²) in [6.45, 7) is 1.40. The van der Waals surface area contributed by atoms with Crippen molar-refractivity contribution < 1.29 is 4.39 Å². The molecule has 2 rings (SSSR count). The van der Waals surface area contributed by atoms with Crippen molar-refractivity contribution in [3.05, 3.63) is 64.4 Å². The van der Waals surface area contributed by atoms with Gasteiger partial charge in [0.25, 0.3) is 0 Å². The second-order valence-electron chi connectivity index (χ2n) is 4.79. The van der Waals surface area contributed by atoms with E-state index in [4.69, 9.17) is 11.6 Å². The lowest BCUT2D eigenvalue weighted by atomic mass is 10.1. The number of benzene rings is 2. The molecule has 2 aromatic carbocycles. The molecule has 0 saturated heterocycles. The van der Waals surface area contributed by atoms with Crippen LogP contribution in [0.25, 0.3) is 0 Å². The molecule has 4 heteroatoms. The van der Waals surface area contributed by atoms with Gasteiger partial charge in [0.1, 0.15) is 5.82 Å². The number of hydrogen-bond acceptors (Lipinski definition) is 2. The van der Waals surface area contributed by atoms with E-state index in [0.29, 0.717) is 11.6 Å². The predicted octanol–water partition coefficient (Wildman–Crippen LogP) is 3.83. The van der Waals surface area contributed by atoms with Crippen molar-refractivity contribution in [1.82, 2.24) is 5.32 Å². The lowest BCUT2D eigenvalue weighted by Gasteiger charge is -2.23. The maximum absolute atomic E-state index is 13.2. The lowest BCUT2D eigenvalue weighted by Crippen LogP contribution is -2.19. The fourth-order valence-electron chi connectivity index (χ4n) is 2.23. The Labute approximate surface area is 124 Å². The maximum atomic E-state index is 13.2. The summed E-state index contributed by atoms with van der Waals surface area (Å²) in [7, 11) is 3.89. The molecule has 0 radical (unpaired) electrons. The molecule has 0 aliphatic rings. The van der Waals surface area contributed by atoms with Gasteiger partial charge >= 0.3 is 0 Å². The summed E-state index contributed by atoms with van der Waals surface area (Å²) in [5, 5.41) is 3.84. The van der Waals surface area contributed by atoms with Crippen molar-refractivity contribution in [2.24, 2.45) is 0 Å². The molecule has 2 nitrogen and oxygen atoms in total. The third-order valence-electron chi connectivity index (χ3n) is 3.13. The van der Waals surface area contributed by atoms with E-state index in [0.717, 1.165) is 23.4 Å². The number of anilines is 1. The van der Waals surface area contributed by atoms with Gasteiger partial charge < -0.3 is 10.2 Å². The number of hydrogen-bond donors (Lipinski definition) is 1. The molecule has 0 aromatic heterocycles. The van der Waals surface area contributed by atoms with Crippen LogP contribution < -0.4 is 10.2 Å². The van der Waals surface area contributed by atoms with Crippen LogP contribution in [0.1, 0.15) is 11.1 Å². The van der Waals surface area contributed by atoms with Gasteiger partial charge in [-0.1, -0.05) is 29.8 Å². The molecule has 0 amide bonds. The molecule has 0 bridgehead atoms. The van der Waals surface area contributed by atoms with Gasteiger partial charge in [-0.05, 0) is 42.4 Å². The molecule has 1 N–H and O–H groups in total. The third kappa shape index (κ3) is 3.71. The first-order valence-corrected chi connectivity index (χ1v) is 6.86. The SMILES string of the molecule is CNCc1ccc(Cl)cc1N(C)Cc1cccc(F)c1. The van der Waals surface area contributed by atoms with Crippen molar-refractivity contribution in [3.8, 4) is 0 Å². The molecule has 106 valence electrons. The molecule has 0 aliphatic carbocycles. The smallest absolute Gasteiger partial charge is 0.123 e. The number of rotatable bonds is 5. The van der Waals surface area contributed by atoms with Crippen LogP contribution in [0.4, 0.5) is 10.1 Å². The Bertz CT molecular complexity index is 586. The highest BCUT2D eigenvalue weighted by Gasteiger charge is 2.09. The lowest BCUT2D eigenvalue weighted by molar-refractivity contribution is 0.625. The maximum Gasteiger partial charge on any atom is 0.123 e. The van der Waals surface area contributed by atoms with E-state index in [2.05, 4.69) is 10.2 Å².